The van der Waals surface area contributed by atoms with Gasteiger partial charge in [0.1, 0.15) is 11.5 Å². The van der Waals surface area contributed by atoms with Crippen molar-refractivity contribution in [1.29, 1.82) is 0 Å². The first-order chi connectivity index (χ1) is 12.5. The summed E-state index contributed by atoms with van der Waals surface area (Å²) in [7, 11) is 0. The highest BCUT2D eigenvalue weighted by Crippen LogP contribution is 2.19. The summed E-state index contributed by atoms with van der Waals surface area (Å²) < 4.78 is 1.29. The Morgan fingerprint density at radius 3 is 2.58 bits per heavy atom. The number of nitrogen functional groups attached to an aromatic ring is 1. The van der Waals surface area contributed by atoms with Crippen LogP contribution in [0.15, 0.2) is 28.2 Å². The largest absolute Gasteiger partial charge is 0.383 e. The van der Waals surface area contributed by atoms with Gasteiger partial charge < -0.3 is 5.73 Å². The highest BCUT2D eigenvalue weighted by molar-refractivity contribution is 6.05. The van der Waals surface area contributed by atoms with Crippen molar-refractivity contribution in [2.24, 2.45) is 0 Å². The Labute approximate surface area is 150 Å². The lowest BCUT2D eigenvalue weighted by Crippen LogP contribution is -2.42. The molecule has 0 spiro atoms. The first-order valence-corrected chi connectivity index (χ1v) is 8.71. The zero-order valence-electron chi connectivity index (χ0n) is 15.1. The Morgan fingerprint density at radius 2 is 1.96 bits per heavy atom. The number of amides is 1. The van der Waals surface area contributed by atoms with Crippen LogP contribution in [-0.2, 0) is 6.54 Å². The van der Waals surface area contributed by atoms with Gasteiger partial charge in [-0.3, -0.25) is 29.0 Å². The number of nitrogens with zero attached hydrogens (tertiary/aromatic N) is 4. The smallest absolute Gasteiger partial charge is 0.330 e. The molecule has 1 amide bonds. The third-order valence-electron chi connectivity index (χ3n) is 3.98. The number of nitrogens with one attached hydrogen (secondary N) is 1. The molecular weight excluding hydrogens is 336 g/mol. The van der Waals surface area contributed by atoms with Crippen LogP contribution < -0.4 is 21.9 Å². The summed E-state index contributed by atoms with van der Waals surface area (Å²) in [6.07, 6.45) is 7.26. The molecule has 2 aromatic rings. The second-order valence-electron chi connectivity index (χ2n) is 5.90. The normalized spacial score (nSPS) is 10.7. The molecule has 0 aromatic carbocycles. The Hall–Kier alpha value is -2.97. The number of carbonyl (C=O) groups is 1. The Morgan fingerprint density at radius 1 is 1.23 bits per heavy atom. The molecule has 0 aliphatic carbocycles. The number of nitrogens with two attached hydrogens (primary N) is 1. The first kappa shape index (κ1) is 19.4. The van der Waals surface area contributed by atoms with Crippen molar-refractivity contribution in [3.05, 3.63) is 45.1 Å². The SMILES string of the molecule is CCCCN(C(=O)c1cnccn1)c1c(N)n(CCCC)c(=O)[nH]c1=O. The molecule has 0 aliphatic heterocycles. The Balaban J connectivity index is 2.56. The molecule has 0 radical (unpaired) electrons. The van der Waals surface area contributed by atoms with E-state index in [2.05, 4.69) is 15.0 Å². The number of hydrogen-bond acceptors (Lipinski definition) is 6. The van der Waals surface area contributed by atoms with Crippen LogP contribution in [0.4, 0.5) is 11.5 Å². The van der Waals surface area contributed by atoms with Gasteiger partial charge in [-0.15, -0.1) is 0 Å². The van der Waals surface area contributed by atoms with Gasteiger partial charge in [-0.2, -0.15) is 0 Å². The molecule has 0 fully saturated rings. The van der Waals surface area contributed by atoms with Gasteiger partial charge in [0.15, 0.2) is 5.69 Å². The highest BCUT2D eigenvalue weighted by Gasteiger charge is 2.25. The second kappa shape index (κ2) is 8.93. The van der Waals surface area contributed by atoms with Crippen molar-refractivity contribution in [3.63, 3.8) is 0 Å². The van der Waals surface area contributed by atoms with E-state index in [4.69, 9.17) is 5.73 Å². The van der Waals surface area contributed by atoms with Crippen LogP contribution in [0.3, 0.4) is 0 Å². The molecule has 9 nitrogen and oxygen atoms in total. The Kier molecular flexibility index (Phi) is 6.65. The van der Waals surface area contributed by atoms with Crippen LogP contribution in [0.25, 0.3) is 0 Å². The van der Waals surface area contributed by atoms with Gasteiger partial charge in [-0.1, -0.05) is 26.7 Å². The van der Waals surface area contributed by atoms with Crippen molar-refractivity contribution in [1.82, 2.24) is 19.5 Å². The molecule has 26 heavy (non-hydrogen) atoms. The first-order valence-electron chi connectivity index (χ1n) is 8.71. The van der Waals surface area contributed by atoms with Crippen molar-refractivity contribution < 1.29 is 4.79 Å². The molecule has 0 saturated heterocycles. The fraction of sp³-hybridized carbons (Fsp3) is 0.471. The summed E-state index contributed by atoms with van der Waals surface area (Å²) in [5.41, 5.74) is 4.95. The van der Waals surface area contributed by atoms with E-state index in [9.17, 15) is 14.4 Å². The van der Waals surface area contributed by atoms with Gasteiger partial charge in [0.05, 0.1) is 6.20 Å². The summed E-state index contributed by atoms with van der Waals surface area (Å²) in [5, 5.41) is 0. The number of aromatic nitrogens is 4. The maximum absolute atomic E-state index is 12.9. The molecule has 0 atom stereocenters. The molecule has 2 heterocycles. The van der Waals surface area contributed by atoms with Gasteiger partial charge in [0.25, 0.3) is 11.5 Å². The molecule has 0 saturated carbocycles. The summed E-state index contributed by atoms with van der Waals surface area (Å²) in [5.74, 6) is -0.495. The van der Waals surface area contributed by atoms with Crippen LogP contribution >= 0.6 is 0 Å². The second-order valence-corrected chi connectivity index (χ2v) is 5.90. The standard InChI is InChI=1S/C17H24N6O3/c1-3-5-9-22(16(25)12-11-19-7-8-20-12)13-14(18)23(10-6-4-2)17(26)21-15(13)24/h7-8,11H,3-6,9-10,18H2,1-2H3,(H,21,24,26). The van der Waals surface area contributed by atoms with Gasteiger partial charge in [-0.25, -0.2) is 9.78 Å². The van der Waals surface area contributed by atoms with Gasteiger partial charge in [0.2, 0.25) is 0 Å². The number of rotatable bonds is 8. The van der Waals surface area contributed by atoms with Crippen molar-refractivity contribution in [2.45, 2.75) is 46.1 Å². The van der Waals surface area contributed by atoms with Crippen LogP contribution in [-0.4, -0.2) is 32.0 Å². The van der Waals surface area contributed by atoms with E-state index in [1.807, 2.05) is 13.8 Å². The average Bonchev–Trinajstić information content (AvgIpc) is 2.64. The zero-order chi connectivity index (χ0) is 19.1. The van der Waals surface area contributed by atoms with Crippen molar-refractivity contribution in [2.75, 3.05) is 17.2 Å². The Bertz CT molecular complexity index is 859. The summed E-state index contributed by atoms with van der Waals surface area (Å²) >= 11 is 0. The van der Waals surface area contributed by atoms with E-state index in [0.29, 0.717) is 13.0 Å². The summed E-state index contributed by atoms with van der Waals surface area (Å²) in [6, 6.07) is 0. The molecule has 3 N–H and O–H groups in total. The lowest BCUT2D eigenvalue weighted by atomic mass is 10.2. The molecule has 0 aliphatic rings. The number of carbonyl (C=O) groups excluding carboxylic acids is 1. The van der Waals surface area contributed by atoms with E-state index < -0.39 is 17.2 Å². The lowest BCUT2D eigenvalue weighted by Gasteiger charge is -2.24. The molecule has 2 aromatic heterocycles. The number of anilines is 2. The van der Waals surface area contributed by atoms with E-state index in [0.717, 1.165) is 19.3 Å². The quantitative estimate of drug-likeness (QED) is 0.727. The molecule has 0 bridgehead atoms. The minimum absolute atomic E-state index is 0.0134. The summed E-state index contributed by atoms with van der Waals surface area (Å²) in [6.45, 7) is 4.61. The number of hydrogen-bond donors (Lipinski definition) is 2. The summed E-state index contributed by atoms with van der Waals surface area (Å²) in [4.78, 5) is 48.9. The van der Waals surface area contributed by atoms with Gasteiger partial charge in [0, 0.05) is 25.5 Å². The fourth-order valence-corrected chi connectivity index (χ4v) is 2.56. The van der Waals surface area contributed by atoms with Crippen LogP contribution in [0.2, 0.25) is 0 Å². The predicted molar refractivity (Wildman–Crippen MR) is 99.3 cm³/mol. The van der Waals surface area contributed by atoms with Gasteiger partial charge in [-0.05, 0) is 12.8 Å². The third kappa shape index (κ3) is 4.16. The van der Waals surface area contributed by atoms with E-state index in [-0.39, 0.29) is 23.7 Å². The van der Waals surface area contributed by atoms with Crippen LogP contribution in [0.5, 0.6) is 0 Å². The minimum Gasteiger partial charge on any atom is -0.383 e. The molecule has 2 rings (SSSR count). The highest BCUT2D eigenvalue weighted by atomic mass is 16.2. The van der Waals surface area contributed by atoms with Crippen LogP contribution in [0, 0.1) is 0 Å². The van der Waals surface area contributed by atoms with E-state index in [1.165, 1.54) is 28.1 Å². The number of H-pyrrole nitrogens is 1. The maximum atomic E-state index is 12.9. The third-order valence-corrected chi connectivity index (χ3v) is 3.98. The molecule has 0 unspecified atom stereocenters. The van der Waals surface area contributed by atoms with E-state index in [1.54, 1.807) is 0 Å². The number of unbranched alkanes of at least 4 members (excludes halogenated alkanes) is 2. The molecule has 9 heteroatoms. The zero-order valence-corrected chi connectivity index (χ0v) is 15.1. The fourth-order valence-electron chi connectivity index (χ4n) is 2.56. The predicted octanol–water partition coefficient (Wildman–Crippen LogP) is 1.16. The van der Waals surface area contributed by atoms with Crippen molar-refractivity contribution >= 4 is 17.4 Å². The minimum atomic E-state index is -0.686. The molecular formula is C17H24N6O3. The molecule has 140 valence electrons. The topological polar surface area (TPSA) is 127 Å². The average molecular weight is 360 g/mol. The monoisotopic (exact) mass is 360 g/mol. The van der Waals surface area contributed by atoms with Crippen molar-refractivity contribution in [3.8, 4) is 0 Å². The van der Waals surface area contributed by atoms with Gasteiger partial charge >= 0.3 is 5.69 Å². The maximum Gasteiger partial charge on any atom is 0.330 e. The van der Waals surface area contributed by atoms with E-state index >= 15 is 0 Å². The number of aromatic amines is 1. The van der Waals surface area contributed by atoms with Crippen LogP contribution in [0.1, 0.15) is 50.0 Å². The lowest BCUT2D eigenvalue weighted by molar-refractivity contribution is 0.0981.